The number of carbonyl (C=O) groups excluding carboxylic acids is 1. The van der Waals surface area contributed by atoms with Gasteiger partial charge in [0.1, 0.15) is 13.2 Å². The molecule has 30 heavy (non-hydrogen) atoms. The number of nitrogens with one attached hydrogen (secondary N) is 1. The molecule has 0 saturated carbocycles. The third-order valence-corrected chi connectivity index (χ3v) is 4.88. The minimum absolute atomic E-state index is 0.0442. The number of amides is 1. The van der Waals surface area contributed by atoms with Crippen LogP contribution in [0.15, 0.2) is 36.4 Å². The summed E-state index contributed by atoms with van der Waals surface area (Å²) >= 11 is 0. The summed E-state index contributed by atoms with van der Waals surface area (Å²) < 4.78 is 22.6. The quantitative estimate of drug-likeness (QED) is 0.664. The lowest BCUT2D eigenvalue weighted by molar-refractivity contribution is -0.121. The van der Waals surface area contributed by atoms with E-state index >= 15 is 0 Å². The number of fused-ring (bicyclic) bond motifs is 1. The predicted molar refractivity (Wildman–Crippen MR) is 116 cm³/mol. The van der Waals surface area contributed by atoms with E-state index in [-0.39, 0.29) is 24.3 Å². The molecule has 0 aliphatic carbocycles. The van der Waals surface area contributed by atoms with E-state index in [0.29, 0.717) is 43.7 Å². The van der Waals surface area contributed by atoms with E-state index in [1.807, 2.05) is 50.2 Å². The molecule has 0 bridgehead atoms. The molecule has 2 aromatic rings. The molecule has 1 heterocycles. The van der Waals surface area contributed by atoms with E-state index in [0.717, 1.165) is 16.9 Å². The van der Waals surface area contributed by atoms with Crippen molar-refractivity contribution >= 4 is 5.91 Å². The second kappa shape index (κ2) is 10.2. The maximum absolute atomic E-state index is 12.8. The molecule has 0 spiro atoms. The highest BCUT2D eigenvalue weighted by atomic mass is 16.6. The maximum Gasteiger partial charge on any atom is 0.224 e. The zero-order chi connectivity index (χ0) is 21.5. The average Bonchev–Trinajstić information content (AvgIpc) is 2.73. The Balaban J connectivity index is 1.73. The van der Waals surface area contributed by atoms with Gasteiger partial charge in [0.2, 0.25) is 5.91 Å². The van der Waals surface area contributed by atoms with Gasteiger partial charge in [-0.05, 0) is 55.2 Å². The molecular formula is C24H31NO5. The Morgan fingerprint density at radius 1 is 0.967 bits per heavy atom. The van der Waals surface area contributed by atoms with Crippen LogP contribution in [0.2, 0.25) is 0 Å². The van der Waals surface area contributed by atoms with Crippen molar-refractivity contribution in [2.24, 2.45) is 5.92 Å². The molecule has 1 N–H and O–H groups in total. The maximum atomic E-state index is 12.8. The smallest absolute Gasteiger partial charge is 0.224 e. The Morgan fingerprint density at radius 2 is 1.67 bits per heavy atom. The van der Waals surface area contributed by atoms with Crippen molar-refractivity contribution in [1.82, 2.24) is 5.32 Å². The van der Waals surface area contributed by atoms with Gasteiger partial charge in [-0.2, -0.15) is 0 Å². The fourth-order valence-electron chi connectivity index (χ4n) is 3.50. The van der Waals surface area contributed by atoms with Gasteiger partial charge in [-0.25, -0.2) is 0 Å². The minimum Gasteiger partial charge on any atom is -0.490 e. The van der Waals surface area contributed by atoms with E-state index in [1.54, 1.807) is 0 Å². The third kappa shape index (κ3) is 5.38. The second-order valence-corrected chi connectivity index (χ2v) is 7.52. The van der Waals surface area contributed by atoms with Gasteiger partial charge < -0.3 is 24.3 Å². The van der Waals surface area contributed by atoms with Crippen LogP contribution in [0, 0.1) is 5.92 Å². The molecule has 2 aromatic carbocycles. The largest absolute Gasteiger partial charge is 0.490 e. The van der Waals surface area contributed by atoms with Gasteiger partial charge in [0.25, 0.3) is 0 Å². The first kappa shape index (κ1) is 21.8. The first-order valence-electron chi connectivity index (χ1n) is 10.6. The SMILES string of the molecule is CCOc1ccc(C(NC(=O)Cc2ccc3c(c2)OCCO3)C(C)C)cc1OCC. The Kier molecular flexibility index (Phi) is 7.44. The van der Waals surface area contributed by atoms with E-state index in [2.05, 4.69) is 19.2 Å². The molecule has 0 radical (unpaired) electrons. The molecule has 0 fully saturated rings. The van der Waals surface area contributed by atoms with Gasteiger partial charge in [-0.1, -0.05) is 26.0 Å². The highest BCUT2D eigenvalue weighted by molar-refractivity contribution is 5.79. The molecule has 1 aliphatic heterocycles. The van der Waals surface area contributed by atoms with Crippen molar-refractivity contribution < 1.29 is 23.7 Å². The molecule has 162 valence electrons. The van der Waals surface area contributed by atoms with Crippen LogP contribution in [0.25, 0.3) is 0 Å². The molecule has 6 nitrogen and oxygen atoms in total. The lowest BCUT2D eigenvalue weighted by Crippen LogP contribution is -2.33. The van der Waals surface area contributed by atoms with Crippen molar-refractivity contribution in [1.29, 1.82) is 0 Å². The van der Waals surface area contributed by atoms with Crippen molar-refractivity contribution in [2.45, 2.75) is 40.2 Å². The molecule has 1 amide bonds. The summed E-state index contributed by atoms with van der Waals surface area (Å²) in [5.41, 5.74) is 1.88. The first-order chi connectivity index (χ1) is 14.5. The molecule has 1 atom stereocenters. The number of hydrogen-bond acceptors (Lipinski definition) is 5. The normalized spacial score (nSPS) is 13.6. The summed E-state index contributed by atoms with van der Waals surface area (Å²) in [6, 6.07) is 11.4. The van der Waals surface area contributed by atoms with E-state index in [9.17, 15) is 4.79 Å². The van der Waals surface area contributed by atoms with Crippen LogP contribution < -0.4 is 24.3 Å². The van der Waals surface area contributed by atoms with Gasteiger partial charge in [0.15, 0.2) is 23.0 Å². The molecule has 3 rings (SSSR count). The van der Waals surface area contributed by atoms with E-state index in [4.69, 9.17) is 18.9 Å². The van der Waals surface area contributed by atoms with Crippen LogP contribution in [0.4, 0.5) is 0 Å². The number of benzene rings is 2. The van der Waals surface area contributed by atoms with Gasteiger partial charge in [0.05, 0.1) is 25.7 Å². The summed E-state index contributed by atoms with van der Waals surface area (Å²) in [6.45, 7) is 10.3. The minimum atomic E-state index is -0.135. The Hall–Kier alpha value is -2.89. The highest BCUT2D eigenvalue weighted by Gasteiger charge is 2.21. The van der Waals surface area contributed by atoms with Gasteiger partial charge >= 0.3 is 0 Å². The summed E-state index contributed by atoms with van der Waals surface area (Å²) in [7, 11) is 0. The van der Waals surface area contributed by atoms with Crippen LogP contribution in [-0.2, 0) is 11.2 Å². The van der Waals surface area contributed by atoms with E-state index in [1.165, 1.54) is 0 Å². The van der Waals surface area contributed by atoms with E-state index < -0.39 is 0 Å². The van der Waals surface area contributed by atoms with Gasteiger partial charge in [-0.15, -0.1) is 0 Å². The molecule has 1 aliphatic rings. The lowest BCUT2D eigenvalue weighted by Gasteiger charge is -2.24. The second-order valence-electron chi connectivity index (χ2n) is 7.52. The highest BCUT2D eigenvalue weighted by Crippen LogP contribution is 2.33. The number of carbonyl (C=O) groups is 1. The fourth-order valence-corrected chi connectivity index (χ4v) is 3.50. The Morgan fingerprint density at radius 3 is 2.37 bits per heavy atom. The van der Waals surface area contributed by atoms with Crippen molar-refractivity contribution in [3.05, 3.63) is 47.5 Å². The number of rotatable bonds is 9. The van der Waals surface area contributed by atoms with Crippen LogP contribution in [0.3, 0.4) is 0 Å². The molecule has 1 unspecified atom stereocenters. The number of ether oxygens (including phenoxy) is 4. The summed E-state index contributed by atoms with van der Waals surface area (Å²) in [4.78, 5) is 12.8. The summed E-state index contributed by atoms with van der Waals surface area (Å²) in [5, 5.41) is 3.17. The topological polar surface area (TPSA) is 66.0 Å². The molecule has 6 heteroatoms. The lowest BCUT2D eigenvalue weighted by atomic mass is 9.95. The zero-order valence-electron chi connectivity index (χ0n) is 18.2. The molecular weight excluding hydrogens is 382 g/mol. The van der Waals surface area contributed by atoms with Crippen molar-refractivity contribution in [3.63, 3.8) is 0 Å². The van der Waals surface area contributed by atoms with Gasteiger partial charge in [0, 0.05) is 0 Å². The molecule has 0 saturated heterocycles. The van der Waals surface area contributed by atoms with Crippen LogP contribution in [0.5, 0.6) is 23.0 Å². The van der Waals surface area contributed by atoms with Crippen molar-refractivity contribution in [2.75, 3.05) is 26.4 Å². The van der Waals surface area contributed by atoms with Gasteiger partial charge in [-0.3, -0.25) is 4.79 Å². The zero-order valence-corrected chi connectivity index (χ0v) is 18.2. The Labute approximate surface area is 178 Å². The monoisotopic (exact) mass is 413 g/mol. The Bertz CT molecular complexity index is 865. The first-order valence-corrected chi connectivity index (χ1v) is 10.6. The van der Waals surface area contributed by atoms with Crippen LogP contribution in [-0.4, -0.2) is 32.3 Å². The average molecular weight is 414 g/mol. The van der Waals surface area contributed by atoms with Crippen LogP contribution >= 0.6 is 0 Å². The number of hydrogen-bond donors (Lipinski definition) is 1. The summed E-state index contributed by atoms with van der Waals surface area (Å²) in [5.74, 6) is 3.00. The third-order valence-electron chi connectivity index (χ3n) is 4.88. The fraction of sp³-hybridized carbons (Fsp3) is 0.458. The van der Waals surface area contributed by atoms with Crippen molar-refractivity contribution in [3.8, 4) is 23.0 Å². The standard InChI is InChI=1S/C24H31NO5/c1-5-27-19-10-8-18(15-22(19)28-6-2)24(16(3)4)25-23(26)14-17-7-9-20-21(13-17)30-12-11-29-20/h7-10,13,15-16,24H,5-6,11-12,14H2,1-4H3,(H,25,26). The van der Waals surface area contributed by atoms with Crippen LogP contribution in [0.1, 0.15) is 44.9 Å². The predicted octanol–water partition coefficient (Wildman–Crippen LogP) is 4.31. The molecule has 0 aromatic heterocycles. The summed E-state index contributed by atoms with van der Waals surface area (Å²) in [6.07, 6.45) is 0.273.